The van der Waals surface area contributed by atoms with Gasteiger partial charge in [0.15, 0.2) is 11.5 Å². The Bertz CT molecular complexity index is 468. The summed E-state index contributed by atoms with van der Waals surface area (Å²) < 4.78 is 0.881. The third kappa shape index (κ3) is 3.32. The van der Waals surface area contributed by atoms with Crippen LogP contribution < -0.4 is 5.32 Å². The molecule has 1 aliphatic heterocycles. The molecule has 0 aromatic heterocycles. The van der Waals surface area contributed by atoms with E-state index in [0.717, 1.165) is 29.5 Å². The van der Waals surface area contributed by atoms with Crippen LogP contribution in [0.25, 0.3) is 0 Å². The molecule has 6 heteroatoms. The van der Waals surface area contributed by atoms with Gasteiger partial charge in [-0.2, -0.15) is 0 Å². The number of hydrogen-bond donors (Lipinski definition) is 3. The molecule has 0 bridgehead atoms. The molecule has 1 aliphatic rings. The van der Waals surface area contributed by atoms with Crippen LogP contribution in [0.4, 0.5) is 0 Å². The molecule has 1 aromatic carbocycles. The minimum Gasteiger partial charge on any atom is -0.504 e. The zero-order chi connectivity index (χ0) is 13.8. The Morgan fingerprint density at radius 2 is 2.32 bits per heavy atom. The lowest BCUT2D eigenvalue weighted by Gasteiger charge is -2.37. The standard InChI is InChI=1S/C13H18N2O2S2/c1-19-13(18)15-6-5-14-8-10(15)7-9-3-2-4-11(16)12(9)17/h2-4,10,14,16-17H,5-8H2,1H3. The van der Waals surface area contributed by atoms with Crippen molar-refractivity contribution < 1.29 is 10.2 Å². The highest BCUT2D eigenvalue weighted by molar-refractivity contribution is 8.22. The molecule has 1 atom stereocenters. The predicted molar refractivity (Wildman–Crippen MR) is 83.0 cm³/mol. The number of para-hydroxylation sites is 1. The Morgan fingerprint density at radius 3 is 3.05 bits per heavy atom. The predicted octanol–water partition coefficient (Wildman–Crippen LogP) is 1.56. The Kier molecular flexibility index (Phi) is 4.90. The van der Waals surface area contributed by atoms with E-state index >= 15 is 0 Å². The number of piperazine rings is 1. The molecule has 0 spiro atoms. The third-order valence-electron chi connectivity index (χ3n) is 3.31. The zero-order valence-corrected chi connectivity index (χ0v) is 12.4. The van der Waals surface area contributed by atoms with Crippen LogP contribution in [0.5, 0.6) is 11.5 Å². The number of rotatable bonds is 2. The van der Waals surface area contributed by atoms with Gasteiger partial charge in [-0.15, -0.1) is 11.8 Å². The fourth-order valence-corrected chi connectivity index (χ4v) is 3.01. The molecule has 0 saturated carbocycles. The van der Waals surface area contributed by atoms with E-state index < -0.39 is 0 Å². The average molecular weight is 298 g/mol. The van der Waals surface area contributed by atoms with E-state index in [1.165, 1.54) is 6.07 Å². The summed E-state index contributed by atoms with van der Waals surface area (Å²) in [4.78, 5) is 2.19. The first kappa shape index (κ1) is 14.4. The summed E-state index contributed by atoms with van der Waals surface area (Å²) in [7, 11) is 0. The number of hydrogen-bond acceptors (Lipinski definition) is 5. The van der Waals surface area contributed by atoms with Gasteiger partial charge in [0.25, 0.3) is 0 Å². The number of nitrogens with one attached hydrogen (secondary N) is 1. The summed E-state index contributed by atoms with van der Waals surface area (Å²) in [6, 6.07) is 5.28. The first-order chi connectivity index (χ1) is 9.13. The summed E-state index contributed by atoms with van der Waals surface area (Å²) in [5.41, 5.74) is 0.752. The quantitative estimate of drug-likeness (QED) is 0.569. The first-order valence-electron chi connectivity index (χ1n) is 6.18. The smallest absolute Gasteiger partial charge is 0.160 e. The molecular weight excluding hydrogens is 280 g/mol. The van der Waals surface area contributed by atoms with E-state index in [1.807, 2.05) is 12.3 Å². The fraction of sp³-hybridized carbons (Fsp3) is 0.462. The second-order valence-corrected chi connectivity index (χ2v) is 5.95. The summed E-state index contributed by atoms with van der Waals surface area (Å²) in [6.07, 6.45) is 2.64. The molecule has 1 unspecified atom stereocenters. The molecule has 0 aliphatic carbocycles. The molecule has 0 amide bonds. The molecule has 104 valence electrons. The van der Waals surface area contributed by atoms with Gasteiger partial charge < -0.3 is 20.4 Å². The van der Waals surface area contributed by atoms with Crippen LogP contribution in [0.2, 0.25) is 0 Å². The van der Waals surface area contributed by atoms with Crippen LogP contribution in [0, 0.1) is 0 Å². The van der Waals surface area contributed by atoms with Crippen molar-refractivity contribution in [1.82, 2.24) is 10.2 Å². The zero-order valence-electron chi connectivity index (χ0n) is 10.8. The average Bonchev–Trinajstić information content (AvgIpc) is 2.43. The third-order valence-corrected chi connectivity index (χ3v) is 4.63. The minimum atomic E-state index is -0.0692. The lowest BCUT2D eigenvalue weighted by Crippen LogP contribution is -2.53. The van der Waals surface area contributed by atoms with Gasteiger partial charge in [0.05, 0.1) is 0 Å². The topological polar surface area (TPSA) is 55.7 Å². The maximum absolute atomic E-state index is 9.88. The number of phenols is 2. The van der Waals surface area contributed by atoms with Gasteiger partial charge in [0, 0.05) is 25.7 Å². The van der Waals surface area contributed by atoms with Crippen LogP contribution >= 0.6 is 24.0 Å². The van der Waals surface area contributed by atoms with Gasteiger partial charge in [0.1, 0.15) is 4.32 Å². The van der Waals surface area contributed by atoms with Gasteiger partial charge in [0.2, 0.25) is 0 Å². The normalized spacial score (nSPS) is 19.4. The molecule has 1 aromatic rings. The lowest BCUT2D eigenvalue weighted by atomic mass is 10.0. The van der Waals surface area contributed by atoms with Gasteiger partial charge in [-0.1, -0.05) is 24.4 Å². The molecule has 3 N–H and O–H groups in total. The molecule has 2 rings (SSSR count). The van der Waals surface area contributed by atoms with Crippen LogP contribution in [-0.4, -0.2) is 51.4 Å². The number of aromatic hydroxyl groups is 2. The van der Waals surface area contributed by atoms with E-state index in [0.29, 0.717) is 6.42 Å². The summed E-state index contributed by atoms with van der Waals surface area (Å²) in [5, 5.41) is 22.8. The highest BCUT2D eigenvalue weighted by Crippen LogP contribution is 2.30. The van der Waals surface area contributed by atoms with Crippen LogP contribution in [0.15, 0.2) is 18.2 Å². The molecule has 4 nitrogen and oxygen atoms in total. The van der Waals surface area contributed by atoms with Crippen LogP contribution in [0.1, 0.15) is 5.56 Å². The van der Waals surface area contributed by atoms with E-state index in [2.05, 4.69) is 10.2 Å². The van der Waals surface area contributed by atoms with E-state index in [4.69, 9.17) is 12.2 Å². The summed E-state index contributed by atoms with van der Waals surface area (Å²) >= 11 is 6.95. The lowest BCUT2D eigenvalue weighted by molar-refractivity contribution is 0.262. The second kappa shape index (κ2) is 6.45. The number of thiocarbonyl (C=S) groups is 1. The van der Waals surface area contributed by atoms with E-state index in [-0.39, 0.29) is 17.5 Å². The first-order valence-corrected chi connectivity index (χ1v) is 7.82. The van der Waals surface area contributed by atoms with Gasteiger partial charge in [-0.3, -0.25) is 0 Å². The number of benzene rings is 1. The van der Waals surface area contributed by atoms with E-state index in [9.17, 15) is 10.2 Å². The maximum atomic E-state index is 9.88. The van der Waals surface area contributed by atoms with Crippen LogP contribution in [0.3, 0.4) is 0 Å². The van der Waals surface area contributed by atoms with Crippen molar-refractivity contribution in [2.24, 2.45) is 0 Å². The molecule has 1 fully saturated rings. The van der Waals surface area contributed by atoms with Crippen LogP contribution in [-0.2, 0) is 6.42 Å². The maximum Gasteiger partial charge on any atom is 0.160 e. The highest BCUT2D eigenvalue weighted by atomic mass is 32.2. The Morgan fingerprint density at radius 1 is 1.53 bits per heavy atom. The number of phenolic OH excluding ortho intramolecular Hbond substituents is 2. The van der Waals surface area contributed by atoms with Crippen molar-refractivity contribution in [3.63, 3.8) is 0 Å². The molecule has 1 saturated heterocycles. The van der Waals surface area contributed by atoms with Gasteiger partial charge >= 0.3 is 0 Å². The Labute approximate surface area is 122 Å². The van der Waals surface area contributed by atoms with Crippen molar-refractivity contribution in [3.8, 4) is 11.5 Å². The fourth-order valence-electron chi connectivity index (χ4n) is 2.30. The van der Waals surface area contributed by atoms with E-state index in [1.54, 1.807) is 17.8 Å². The minimum absolute atomic E-state index is 0.0249. The molecular formula is C13H18N2O2S2. The summed E-state index contributed by atoms with van der Waals surface area (Å²) in [6.45, 7) is 2.63. The van der Waals surface area contributed by atoms with Crippen molar-refractivity contribution in [3.05, 3.63) is 23.8 Å². The molecule has 0 radical (unpaired) electrons. The number of thioether (sulfide) groups is 1. The van der Waals surface area contributed by atoms with Gasteiger partial charge in [-0.25, -0.2) is 0 Å². The SMILES string of the molecule is CSC(=S)N1CCNCC1Cc1cccc(O)c1O. The monoisotopic (exact) mass is 298 g/mol. The Hall–Kier alpha value is -0.980. The van der Waals surface area contributed by atoms with Crippen molar-refractivity contribution in [2.45, 2.75) is 12.5 Å². The highest BCUT2D eigenvalue weighted by Gasteiger charge is 2.25. The molecule has 19 heavy (non-hydrogen) atoms. The van der Waals surface area contributed by atoms with Crippen molar-refractivity contribution >= 4 is 28.3 Å². The Balaban J connectivity index is 2.15. The summed E-state index contributed by atoms with van der Waals surface area (Å²) in [5.74, 6) is -0.0941. The molecule has 1 heterocycles. The number of nitrogens with zero attached hydrogens (tertiary/aromatic N) is 1. The second-order valence-electron chi connectivity index (χ2n) is 4.51. The van der Waals surface area contributed by atoms with Crippen molar-refractivity contribution in [1.29, 1.82) is 0 Å². The van der Waals surface area contributed by atoms with Crippen molar-refractivity contribution in [2.75, 3.05) is 25.9 Å². The largest absolute Gasteiger partial charge is 0.504 e. The van der Waals surface area contributed by atoms with Gasteiger partial charge in [-0.05, 0) is 24.3 Å².